The minimum absolute atomic E-state index is 0.401. The molecule has 0 aliphatic heterocycles. The molecule has 0 amide bonds. The van der Waals surface area contributed by atoms with Crippen LogP contribution in [0.25, 0.3) is 0 Å². The summed E-state index contributed by atoms with van der Waals surface area (Å²) in [5.74, 6) is 0.638. The van der Waals surface area contributed by atoms with Gasteiger partial charge in [0.25, 0.3) is 0 Å². The molecule has 0 N–H and O–H groups in total. The molecule has 0 spiro atoms. The highest BCUT2D eigenvalue weighted by molar-refractivity contribution is 5.13. The molecule has 4 nitrogen and oxygen atoms in total. The van der Waals surface area contributed by atoms with Crippen LogP contribution >= 0.6 is 0 Å². The van der Waals surface area contributed by atoms with E-state index in [0.717, 1.165) is 6.42 Å². The minimum Gasteiger partial charge on any atom is -0.494 e. The summed E-state index contributed by atoms with van der Waals surface area (Å²) in [6.07, 6.45) is 4.12. The summed E-state index contributed by atoms with van der Waals surface area (Å²) in [4.78, 5) is 7.86. The third-order valence-electron chi connectivity index (χ3n) is 1.28. The van der Waals surface area contributed by atoms with Crippen molar-refractivity contribution in [2.45, 2.75) is 13.3 Å². The van der Waals surface area contributed by atoms with Crippen LogP contribution < -0.4 is 9.47 Å². The molecular weight excluding hydrogens is 156 g/mol. The van der Waals surface area contributed by atoms with Crippen molar-refractivity contribution in [3.05, 3.63) is 12.4 Å². The zero-order valence-electron chi connectivity index (χ0n) is 7.28. The zero-order chi connectivity index (χ0) is 8.81. The molecule has 0 saturated carbocycles. The Morgan fingerprint density at radius 3 is 2.50 bits per heavy atom. The van der Waals surface area contributed by atoms with Gasteiger partial charge in [-0.15, -0.1) is 0 Å². The second kappa shape index (κ2) is 4.54. The zero-order valence-corrected chi connectivity index (χ0v) is 7.28. The van der Waals surface area contributed by atoms with Crippen molar-refractivity contribution in [3.8, 4) is 11.8 Å². The van der Waals surface area contributed by atoms with Crippen LogP contribution in [0.4, 0.5) is 0 Å². The first-order chi connectivity index (χ1) is 5.86. The Bertz CT molecular complexity index is 223. The standard InChI is InChI=1S/C8H12N2O2/c1-3-4-12-8-9-5-7(11-2)6-10-8/h5-6H,3-4H2,1-2H3. The Kier molecular flexibility index (Phi) is 3.32. The number of methoxy groups -OCH3 is 1. The van der Waals surface area contributed by atoms with Crippen molar-refractivity contribution in [2.75, 3.05) is 13.7 Å². The van der Waals surface area contributed by atoms with Crippen molar-refractivity contribution in [1.29, 1.82) is 0 Å². The lowest BCUT2D eigenvalue weighted by Crippen LogP contribution is -1.99. The van der Waals surface area contributed by atoms with E-state index in [-0.39, 0.29) is 0 Å². The molecule has 4 heteroatoms. The number of aromatic nitrogens is 2. The van der Waals surface area contributed by atoms with Crippen molar-refractivity contribution >= 4 is 0 Å². The molecule has 0 aliphatic rings. The van der Waals surface area contributed by atoms with E-state index in [0.29, 0.717) is 18.4 Å². The highest BCUT2D eigenvalue weighted by Crippen LogP contribution is 2.08. The Balaban J connectivity index is 2.53. The van der Waals surface area contributed by atoms with E-state index in [2.05, 4.69) is 9.97 Å². The molecule has 12 heavy (non-hydrogen) atoms. The Labute approximate surface area is 71.6 Å². The molecule has 0 saturated heterocycles. The van der Waals surface area contributed by atoms with E-state index in [1.807, 2.05) is 6.92 Å². The highest BCUT2D eigenvalue weighted by Gasteiger charge is 1.96. The van der Waals surface area contributed by atoms with E-state index in [4.69, 9.17) is 9.47 Å². The summed E-state index contributed by atoms with van der Waals surface area (Å²) in [5, 5.41) is 0. The number of hydrogen-bond donors (Lipinski definition) is 0. The summed E-state index contributed by atoms with van der Waals surface area (Å²) in [5.41, 5.74) is 0. The van der Waals surface area contributed by atoms with Crippen LogP contribution in [-0.4, -0.2) is 23.7 Å². The number of rotatable bonds is 4. The van der Waals surface area contributed by atoms with Crippen LogP contribution in [-0.2, 0) is 0 Å². The van der Waals surface area contributed by atoms with Crippen molar-refractivity contribution in [1.82, 2.24) is 9.97 Å². The van der Waals surface area contributed by atoms with Gasteiger partial charge in [0, 0.05) is 0 Å². The Hall–Kier alpha value is -1.32. The van der Waals surface area contributed by atoms with Gasteiger partial charge >= 0.3 is 6.01 Å². The van der Waals surface area contributed by atoms with Gasteiger partial charge < -0.3 is 9.47 Å². The summed E-state index contributed by atoms with van der Waals surface area (Å²) in [6.45, 7) is 2.68. The number of nitrogens with zero attached hydrogens (tertiary/aromatic N) is 2. The average molecular weight is 168 g/mol. The van der Waals surface area contributed by atoms with Gasteiger partial charge in [0.1, 0.15) is 0 Å². The summed E-state index contributed by atoms with van der Waals surface area (Å²) >= 11 is 0. The molecule has 0 radical (unpaired) electrons. The first kappa shape index (κ1) is 8.77. The average Bonchev–Trinajstić information content (AvgIpc) is 2.15. The monoisotopic (exact) mass is 168 g/mol. The van der Waals surface area contributed by atoms with Gasteiger partial charge in [-0.05, 0) is 6.42 Å². The largest absolute Gasteiger partial charge is 0.494 e. The fraction of sp³-hybridized carbons (Fsp3) is 0.500. The molecule has 1 heterocycles. The molecule has 1 aromatic heterocycles. The van der Waals surface area contributed by atoms with Gasteiger partial charge in [0.05, 0.1) is 26.1 Å². The molecule has 0 atom stereocenters. The SMILES string of the molecule is CCCOc1ncc(OC)cn1. The maximum absolute atomic E-state index is 5.18. The first-order valence-electron chi connectivity index (χ1n) is 3.85. The minimum atomic E-state index is 0.401. The van der Waals surface area contributed by atoms with Crippen LogP contribution in [0.5, 0.6) is 11.8 Å². The van der Waals surface area contributed by atoms with E-state index in [1.165, 1.54) is 0 Å². The third-order valence-corrected chi connectivity index (χ3v) is 1.28. The molecule has 0 aromatic carbocycles. The van der Waals surface area contributed by atoms with Crippen LogP contribution in [0.2, 0.25) is 0 Å². The molecule has 0 fully saturated rings. The van der Waals surface area contributed by atoms with Crippen molar-refractivity contribution < 1.29 is 9.47 Å². The van der Waals surface area contributed by atoms with E-state index >= 15 is 0 Å². The van der Waals surface area contributed by atoms with E-state index in [9.17, 15) is 0 Å². The third kappa shape index (κ3) is 2.38. The van der Waals surface area contributed by atoms with Gasteiger partial charge in [-0.1, -0.05) is 6.92 Å². The maximum atomic E-state index is 5.18. The summed E-state index contributed by atoms with van der Waals surface area (Å²) in [7, 11) is 1.57. The Morgan fingerprint density at radius 2 is 2.00 bits per heavy atom. The second-order valence-electron chi connectivity index (χ2n) is 2.25. The van der Waals surface area contributed by atoms with Gasteiger partial charge in [-0.25, -0.2) is 0 Å². The predicted molar refractivity (Wildman–Crippen MR) is 44.4 cm³/mol. The molecule has 0 unspecified atom stereocenters. The van der Waals surface area contributed by atoms with Gasteiger partial charge in [0.15, 0.2) is 5.75 Å². The Morgan fingerprint density at radius 1 is 1.33 bits per heavy atom. The normalized spacial score (nSPS) is 9.50. The summed E-state index contributed by atoms with van der Waals surface area (Å²) in [6, 6.07) is 0.401. The molecular formula is C8H12N2O2. The highest BCUT2D eigenvalue weighted by atomic mass is 16.5. The quantitative estimate of drug-likeness (QED) is 0.679. The van der Waals surface area contributed by atoms with Gasteiger partial charge in [-0.3, -0.25) is 0 Å². The molecule has 0 bridgehead atoms. The fourth-order valence-electron chi connectivity index (χ4n) is 0.678. The van der Waals surface area contributed by atoms with Gasteiger partial charge in [-0.2, -0.15) is 9.97 Å². The number of hydrogen-bond acceptors (Lipinski definition) is 4. The molecule has 0 aliphatic carbocycles. The summed E-state index contributed by atoms with van der Waals surface area (Å²) < 4.78 is 10.1. The van der Waals surface area contributed by atoms with Crippen LogP contribution in [0.15, 0.2) is 12.4 Å². The van der Waals surface area contributed by atoms with Crippen molar-refractivity contribution in [3.63, 3.8) is 0 Å². The smallest absolute Gasteiger partial charge is 0.316 e. The lowest BCUT2D eigenvalue weighted by atomic mass is 10.5. The fourth-order valence-corrected chi connectivity index (χ4v) is 0.678. The lowest BCUT2D eigenvalue weighted by molar-refractivity contribution is 0.290. The molecule has 1 rings (SSSR count). The van der Waals surface area contributed by atoms with Crippen LogP contribution in [0.3, 0.4) is 0 Å². The lowest BCUT2D eigenvalue weighted by Gasteiger charge is -2.02. The van der Waals surface area contributed by atoms with Crippen molar-refractivity contribution in [2.24, 2.45) is 0 Å². The van der Waals surface area contributed by atoms with E-state index < -0.39 is 0 Å². The van der Waals surface area contributed by atoms with Crippen LogP contribution in [0, 0.1) is 0 Å². The predicted octanol–water partition coefficient (Wildman–Crippen LogP) is 1.27. The molecule has 1 aromatic rings. The topological polar surface area (TPSA) is 44.2 Å². The number of ether oxygens (including phenoxy) is 2. The maximum Gasteiger partial charge on any atom is 0.316 e. The first-order valence-corrected chi connectivity index (χ1v) is 3.85. The second-order valence-corrected chi connectivity index (χ2v) is 2.25. The molecule has 66 valence electrons. The van der Waals surface area contributed by atoms with E-state index in [1.54, 1.807) is 19.5 Å². The van der Waals surface area contributed by atoms with Gasteiger partial charge in [0.2, 0.25) is 0 Å². The van der Waals surface area contributed by atoms with Crippen LogP contribution in [0.1, 0.15) is 13.3 Å².